The second-order valence-electron chi connectivity index (χ2n) is 8.14. The van der Waals surface area contributed by atoms with Crippen LogP contribution in [0.1, 0.15) is 38.3 Å². The summed E-state index contributed by atoms with van der Waals surface area (Å²) in [5.74, 6) is -1.04. The summed E-state index contributed by atoms with van der Waals surface area (Å²) in [6, 6.07) is 21.5. The molecule has 0 unspecified atom stereocenters. The third kappa shape index (κ3) is 3.52. The number of carbonyl (C=O) groups excluding carboxylic acids is 3. The van der Waals surface area contributed by atoms with Gasteiger partial charge in [-0.3, -0.25) is 14.4 Å². The van der Waals surface area contributed by atoms with Crippen molar-refractivity contribution in [3.63, 3.8) is 0 Å². The third-order valence-electron chi connectivity index (χ3n) is 5.83. The molecule has 0 radical (unpaired) electrons. The molecular formula is C26H24N2O3. The number of fused-ring (bicyclic) bond motifs is 1. The first kappa shape index (κ1) is 20.5. The van der Waals surface area contributed by atoms with Crippen molar-refractivity contribution in [1.29, 1.82) is 0 Å². The molecule has 0 heterocycles. The monoisotopic (exact) mass is 412 g/mol. The van der Waals surface area contributed by atoms with E-state index in [1.165, 1.54) is 0 Å². The van der Waals surface area contributed by atoms with Crippen molar-refractivity contribution in [1.82, 2.24) is 0 Å². The Morgan fingerprint density at radius 2 is 1.39 bits per heavy atom. The fourth-order valence-corrected chi connectivity index (χ4v) is 4.09. The molecule has 1 N–H and O–H groups in total. The van der Waals surface area contributed by atoms with Crippen LogP contribution in [0, 0.1) is 6.92 Å². The van der Waals surface area contributed by atoms with E-state index in [1.54, 1.807) is 48.5 Å². The molecule has 0 aliphatic heterocycles. The average Bonchev–Trinajstić information content (AvgIpc) is 2.98. The molecule has 156 valence electrons. The van der Waals surface area contributed by atoms with Crippen molar-refractivity contribution in [3.8, 4) is 0 Å². The number of hydrogen-bond acceptors (Lipinski definition) is 4. The van der Waals surface area contributed by atoms with Crippen LogP contribution in [0.15, 0.2) is 72.8 Å². The third-order valence-corrected chi connectivity index (χ3v) is 5.83. The minimum Gasteiger partial charge on any atom is -0.378 e. The number of ketones is 2. The van der Waals surface area contributed by atoms with Gasteiger partial charge in [-0.25, -0.2) is 0 Å². The van der Waals surface area contributed by atoms with E-state index in [2.05, 4.69) is 5.32 Å². The Morgan fingerprint density at radius 3 is 1.90 bits per heavy atom. The highest BCUT2D eigenvalue weighted by Crippen LogP contribution is 2.43. The Hall–Kier alpha value is -3.73. The number of amides is 1. The predicted molar refractivity (Wildman–Crippen MR) is 122 cm³/mol. The summed E-state index contributed by atoms with van der Waals surface area (Å²) in [5, 5.41) is 2.84. The lowest BCUT2D eigenvalue weighted by molar-refractivity contribution is -0.116. The Labute approximate surface area is 181 Å². The molecule has 5 heteroatoms. The second-order valence-corrected chi connectivity index (χ2v) is 8.14. The lowest BCUT2D eigenvalue weighted by atomic mass is 9.73. The van der Waals surface area contributed by atoms with Gasteiger partial charge in [-0.05, 0) is 36.8 Å². The summed E-state index contributed by atoms with van der Waals surface area (Å²) in [5.41, 5.74) is 2.35. The zero-order chi connectivity index (χ0) is 22.2. The number of benzene rings is 3. The highest BCUT2D eigenvalue weighted by molar-refractivity contribution is 6.34. The van der Waals surface area contributed by atoms with Gasteiger partial charge in [0.2, 0.25) is 5.91 Å². The molecular weight excluding hydrogens is 388 g/mol. The summed E-state index contributed by atoms with van der Waals surface area (Å²) in [6.45, 7) is 1.96. The van der Waals surface area contributed by atoms with Gasteiger partial charge in [0.05, 0.1) is 6.42 Å². The van der Waals surface area contributed by atoms with Crippen molar-refractivity contribution in [3.05, 3.63) is 95.1 Å². The highest BCUT2D eigenvalue weighted by Gasteiger charge is 2.55. The van der Waals surface area contributed by atoms with E-state index < -0.39 is 5.41 Å². The van der Waals surface area contributed by atoms with E-state index in [-0.39, 0.29) is 23.9 Å². The first-order chi connectivity index (χ1) is 14.8. The van der Waals surface area contributed by atoms with Crippen LogP contribution < -0.4 is 10.2 Å². The van der Waals surface area contributed by atoms with Crippen molar-refractivity contribution in [2.45, 2.75) is 18.8 Å². The first-order valence-electron chi connectivity index (χ1n) is 10.2. The van der Waals surface area contributed by atoms with Gasteiger partial charge in [0, 0.05) is 36.6 Å². The van der Waals surface area contributed by atoms with Gasteiger partial charge in [-0.2, -0.15) is 0 Å². The molecule has 4 rings (SSSR count). The number of anilines is 2. The first-order valence-corrected chi connectivity index (χ1v) is 10.2. The lowest BCUT2D eigenvalue weighted by Crippen LogP contribution is -2.42. The van der Waals surface area contributed by atoms with E-state index in [4.69, 9.17) is 0 Å². The zero-order valence-electron chi connectivity index (χ0n) is 17.8. The molecule has 3 aromatic rings. The van der Waals surface area contributed by atoms with E-state index in [0.717, 1.165) is 11.3 Å². The van der Waals surface area contributed by atoms with Crippen LogP contribution in [0.2, 0.25) is 0 Å². The molecule has 0 fully saturated rings. The second kappa shape index (κ2) is 7.84. The highest BCUT2D eigenvalue weighted by atomic mass is 16.2. The largest absolute Gasteiger partial charge is 0.378 e. The van der Waals surface area contributed by atoms with Gasteiger partial charge in [0.25, 0.3) is 0 Å². The normalized spacial score (nSPS) is 14.3. The molecule has 0 aromatic heterocycles. The molecule has 31 heavy (non-hydrogen) atoms. The lowest BCUT2D eigenvalue weighted by Gasteiger charge is -2.26. The van der Waals surface area contributed by atoms with Gasteiger partial charge < -0.3 is 10.2 Å². The van der Waals surface area contributed by atoms with Crippen molar-refractivity contribution in [2.75, 3.05) is 24.3 Å². The average molecular weight is 412 g/mol. The summed E-state index contributed by atoms with van der Waals surface area (Å²) >= 11 is 0. The van der Waals surface area contributed by atoms with Gasteiger partial charge in [0.15, 0.2) is 11.6 Å². The molecule has 1 aliphatic carbocycles. The molecule has 0 spiro atoms. The summed E-state index contributed by atoms with van der Waals surface area (Å²) < 4.78 is 0. The minimum atomic E-state index is -1.57. The minimum absolute atomic E-state index is 0.255. The van der Waals surface area contributed by atoms with Gasteiger partial charge in [0.1, 0.15) is 5.41 Å². The summed E-state index contributed by atoms with van der Waals surface area (Å²) in [4.78, 5) is 42.1. The summed E-state index contributed by atoms with van der Waals surface area (Å²) in [7, 11) is 3.84. The van der Waals surface area contributed by atoms with E-state index in [1.807, 2.05) is 50.2 Å². The number of nitrogens with zero attached hydrogens (tertiary/aromatic N) is 1. The maximum absolute atomic E-state index is 13.6. The standard InChI is InChI=1S/C26H24N2O3/c1-17-8-12-19(13-9-17)27-23(29)16-26(18-10-14-20(15-11-18)28(2)3)24(30)21-6-4-5-7-22(21)25(26)31/h4-15H,16H2,1-3H3,(H,27,29). The number of aryl methyl sites for hydroxylation is 1. The number of Topliss-reactive ketones (excluding diaryl/α,β-unsaturated/α-hetero) is 2. The van der Waals surface area contributed by atoms with Crippen molar-refractivity contribution >= 4 is 28.8 Å². The molecule has 0 saturated carbocycles. The van der Waals surface area contributed by atoms with Crippen LogP contribution in [0.4, 0.5) is 11.4 Å². The maximum atomic E-state index is 13.6. The number of hydrogen-bond donors (Lipinski definition) is 1. The van der Waals surface area contributed by atoms with Crippen LogP contribution in [-0.2, 0) is 10.2 Å². The van der Waals surface area contributed by atoms with Crippen LogP contribution in [0.5, 0.6) is 0 Å². The molecule has 5 nitrogen and oxygen atoms in total. The van der Waals surface area contributed by atoms with E-state index in [9.17, 15) is 14.4 Å². The van der Waals surface area contributed by atoms with Crippen LogP contribution in [0.3, 0.4) is 0 Å². The van der Waals surface area contributed by atoms with Crippen molar-refractivity contribution < 1.29 is 14.4 Å². The molecule has 1 amide bonds. The predicted octanol–water partition coefficient (Wildman–Crippen LogP) is 4.41. The number of rotatable bonds is 5. The topological polar surface area (TPSA) is 66.5 Å². The molecule has 0 bridgehead atoms. The molecule has 1 aliphatic rings. The zero-order valence-corrected chi connectivity index (χ0v) is 17.8. The van der Waals surface area contributed by atoms with Crippen LogP contribution in [-0.4, -0.2) is 31.6 Å². The van der Waals surface area contributed by atoms with Gasteiger partial charge in [-0.1, -0.05) is 54.1 Å². The Balaban J connectivity index is 1.75. The SMILES string of the molecule is Cc1ccc(NC(=O)CC2(c3ccc(N(C)C)cc3)C(=O)c3ccccc3C2=O)cc1. The van der Waals surface area contributed by atoms with Crippen LogP contribution in [0.25, 0.3) is 0 Å². The number of nitrogens with one attached hydrogen (secondary N) is 1. The quantitative estimate of drug-likeness (QED) is 0.631. The Morgan fingerprint density at radius 1 is 0.839 bits per heavy atom. The van der Waals surface area contributed by atoms with E-state index >= 15 is 0 Å². The molecule has 0 saturated heterocycles. The van der Waals surface area contributed by atoms with Gasteiger partial charge in [-0.15, -0.1) is 0 Å². The van der Waals surface area contributed by atoms with Crippen molar-refractivity contribution in [2.24, 2.45) is 0 Å². The Kier molecular flexibility index (Phi) is 5.19. The van der Waals surface area contributed by atoms with Gasteiger partial charge >= 0.3 is 0 Å². The fraction of sp³-hybridized carbons (Fsp3) is 0.192. The Bertz CT molecular complexity index is 1130. The van der Waals surface area contributed by atoms with Crippen LogP contribution >= 0.6 is 0 Å². The maximum Gasteiger partial charge on any atom is 0.226 e. The number of carbonyl (C=O) groups is 3. The smallest absolute Gasteiger partial charge is 0.226 e. The van der Waals surface area contributed by atoms with E-state index in [0.29, 0.717) is 22.4 Å². The molecule has 0 atom stereocenters. The molecule has 3 aromatic carbocycles. The summed E-state index contributed by atoms with van der Waals surface area (Å²) in [6.07, 6.45) is -0.255. The fourth-order valence-electron chi connectivity index (χ4n) is 4.09.